The van der Waals surface area contributed by atoms with Crippen LogP contribution in [-0.2, 0) is 11.2 Å². The molecule has 0 spiro atoms. The summed E-state index contributed by atoms with van der Waals surface area (Å²) in [6.45, 7) is 3.76. The van der Waals surface area contributed by atoms with Gasteiger partial charge in [-0.05, 0) is 56.0 Å². The molecule has 0 saturated carbocycles. The maximum atomic E-state index is 11.8. The molecule has 1 unspecified atom stereocenters. The number of rotatable bonds is 4. The van der Waals surface area contributed by atoms with Crippen molar-refractivity contribution in [2.75, 3.05) is 13.1 Å². The van der Waals surface area contributed by atoms with E-state index in [2.05, 4.69) is 45.6 Å². The van der Waals surface area contributed by atoms with Crippen molar-refractivity contribution < 1.29 is 4.79 Å². The monoisotopic (exact) mass is 310 g/mol. The summed E-state index contributed by atoms with van der Waals surface area (Å²) in [5.41, 5.74) is 2.55. The Balaban J connectivity index is 1.81. The Hall–Kier alpha value is -0.870. The summed E-state index contributed by atoms with van der Waals surface area (Å²) in [6.07, 6.45) is 2.94. The van der Waals surface area contributed by atoms with E-state index in [1.165, 1.54) is 11.1 Å². The first-order valence-electron chi connectivity index (χ1n) is 6.43. The number of hydrogen-bond donors (Lipinski definition) is 2. The lowest BCUT2D eigenvalue weighted by molar-refractivity contribution is -0.122. The van der Waals surface area contributed by atoms with Gasteiger partial charge in [-0.2, -0.15) is 0 Å². The van der Waals surface area contributed by atoms with Crippen LogP contribution in [0.1, 0.15) is 24.0 Å². The van der Waals surface area contributed by atoms with Crippen LogP contribution in [0.25, 0.3) is 0 Å². The van der Waals surface area contributed by atoms with Crippen molar-refractivity contribution in [3.63, 3.8) is 0 Å². The summed E-state index contributed by atoms with van der Waals surface area (Å²) >= 11 is 3.47. The summed E-state index contributed by atoms with van der Waals surface area (Å²) in [6, 6.07) is 6.28. The number of carbonyl (C=O) groups is 1. The molecule has 1 heterocycles. The molecule has 1 aromatic rings. The second kappa shape index (κ2) is 6.34. The van der Waals surface area contributed by atoms with E-state index in [1.54, 1.807) is 0 Å². The highest BCUT2D eigenvalue weighted by atomic mass is 79.9. The second-order valence-corrected chi connectivity index (χ2v) is 5.68. The molecule has 1 amide bonds. The van der Waals surface area contributed by atoms with E-state index >= 15 is 0 Å². The van der Waals surface area contributed by atoms with Gasteiger partial charge >= 0.3 is 0 Å². The summed E-state index contributed by atoms with van der Waals surface area (Å²) in [7, 11) is 0. The number of halogens is 1. The number of hydrogen-bond acceptors (Lipinski definition) is 2. The minimum atomic E-state index is 0.0219. The molecule has 1 aliphatic rings. The van der Waals surface area contributed by atoms with E-state index in [9.17, 15) is 4.79 Å². The van der Waals surface area contributed by atoms with Crippen molar-refractivity contribution in [3.05, 3.63) is 33.8 Å². The molecule has 0 bridgehead atoms. The van der Waals surface area contributed by atoms with Crippen LogP contribution in [0.15, 0.2) is 22.7 Å². The van der Waals surface area contributed by atoms with E-state index in [0.29, 0.717) is 6.54 Å². The lowest BCUT2D eigenvalue weighted by Crippen LogP contribution is -2.41. The van der Waals surface area contributed by atoms with Gasteiger partial charge in [0.25, 0.3) is 0 Å². The Labute approximate surface area is 116 Å². The maximum Gasteiger partial charge on any atom is 0.237 e. The molecule has 98 valence electrons. The molecule has 1 atom stereocenters. The molecule has 4 heteroatoms. The number of amides is 1. The highest BCUT2D eigenvalue weighted by Gasteiger charge is 2.21. The topological polar surface area (TPSA) is 41.1 Å². The van der Waals surface area contributed by atoms with Gasteiger partial charge in [0.15, 0.2) is 0 Å². The van der Waals surface area contributed by atoms with Crippen LogP contribution >= 0.6 is 15.9 Å². The Morgan fingerprint density at radius 1 is 1.56 bits per heavy atom. The normalized spacial score (nSPS) is 18.9. The van der Waals surface area contributed by atoms with E-state index in [1.807, 2.05) is 6.07 Å². The van der Waals surface area contributed by atoms with Crippen LogP contribution in [0.4, 0.5) is 0 Å². The smallest absolute Gasteiger partial charge is 0.237 e. The van der Waals surface area contributed by atoms with Gasteiger partial charge < -0.3 is 10.6 Å². The van der Waals surface area contributed by atoms with E-state index in [0.717, 1.165) is 30.3 Å². The molecule has 0 aromatic heterocycles. The number of benzene rings is 1. The summed E-state index contributed by atoms with van der Waals surface area (Å²) in [4.78, 5) is 11.8. The third-order valence-electron chi connectivity index (χ3n) is 3.38. The number of nitrogens with one attached hydrogen (secondary N) is 2. The van der Waals surface area contributed by atoms with Gasteiger partial charge in [-0.3, -0.25) is 4.79 Å². The molecule has 18 heavy (non-hydrogen) atoms. The van der Waals surface area contributed by atoms with Gasteiger partial charge in [0.1, 0.15) is 0 Å². The highest BCUT2D eigenvalue weighted by molar-refractivity contribution is 9.10. The van der Waals surface area contributed by atoms with Crippen LogP contribution in [-0.4, -0.2) is 25.0 Å². The zero-order chi connectivity index (χ0) is 13.0. The standard InChI is InChI=1S/C14H19BrN2O/c1-10-4-5-12(15)9-11(10)6-8-17-14(18)13-3-2-7-16-13/h4-5,9,13,16H,2-3,6-8H2,1H3,(H,17,18). The average molecular weight is 311 g/mol. The van der Waals surface area contributed by atoms with Gasteiger partial charge in [-0.15, -0.1) is 0 Å². The highest BCUT2D eigenvalue weighted by Crippen LogP contribution is 2.16. The van der Waals surface area contributed by atoms with Crippen molar-refractivity contribution in [2.24, 2.45) is 0 Å². The first-order valence-corrected chi connectivity index (χ1v) is 7.22. The summed E-state index contributed by atoms with van der Waals surface area (Å²) in [5, 5.41) is 6.21. The van der Waals surface area contributed by atoms with Crippen molar-refractivity contribution in [1.82, 2.24) is 10.6 Å². The second-order valence-electron chi connectivity index (χ2n) is 4.76. The van der Waals surface area contributed by atoms with Crippen LogP contribution in [0.2, 0.25) is 0 Å². The quantitative estimate of drug-likeness (QED) is 0.895. The molecule has 2 rings (SSSR count). The van der Waals surface area contributed by atoms with Crippen molar-refractivity contribution >= 4 is 21.8 Å². The number of aryl methyl sites for hydroxylation is 1. The van der Waals surface area contributed by atoms with Crippen molar-refractivity contribution in [2.45, 2.75) is 32.2 Å². The average Bonchev–Trinajstić information content (AvgIpc) is 2.87. The molecule has 1 fully saturated rings. The molecule has 2 N–H and O–H groups in total. The van der Waals surface area contributed by atoms with Gasteiger partial charge in [0.05, 0.1) is 6.04 Å². The zero-order valence-corrected chi connectivity index (χ0v) is 12.2. The lowest BCUT2D eigenvalue weighted by atomic mass is 10.1. The molecule has 0 radical (unpaired) electrons. The van der Waals surface area contributed by atoms with Crippen LogP contribution in [0.3, 0.4) is 0 Å². The minimum Gasteiger partial charge on any atom is -0.354 e. The van der Waals surface area contributed by atoms with Crippen molar-refractivity contribution in [1.29, 1.82) is 0 Å². The summed E-state index contributed by atoms with van der Waals surface area (Å²) in [5.74, 6) is 0.139. The Kier molecular flexibility index (Phi) is 4.78. The fraction of sp³-hybridized carbons (Fsp3) is 0.500. The van der Waals surface area contributed by atoms with Crippen molar-refractivity contribution in [3.8, 4) is 0 Å². The van der Waals surface area contributed by atoms with E-state index < -0.39 is 0 Å². The zero-order valence-electron chi connectivity index (χ0n) is 10.6. The fourth-order valence-electron chi connectivity index (χ4n) is 2.26. The number of carbonyl (C=O) groups excluding carboxylic acids is 1. The Morgan fingerprint density at radius 3 is 3.11 bits per heavy atom. The van der Waals surface area contributed by atoms with E-state index in [-0.39, 0.29) is 11.9 Å². The molecular formula is C14H19BrN2O. The third-order valence-corrected chi connectivity index (χ3v) is 3.87. The predicted molar refractivity (Wildman–Crippen MR) is 76.6 cm³/mol. The first-order chi connectivity index (χ1) is 8.66. The third kappa shape index (κ3) is 3.56. The maximum absolute atomic E-state index is 11.8. The Morgan fingerprint density at radius 2 is 2.39 bits per heavy atom. The van der Waals surface area contributed by atoms with Gasteiger partial charge in [0, 0.05) is 11.0 Å². The first kappa shape index (κ1) is 13.6. The van der Waals surface area contributed by atoms with Gasteiger partial charge in [-0.1, -0.05) is 22.0 Å². The van der Waals surface area contributed by atoms with Gasteiger partial charge in [-0.25, -0.2) is 0 Å². The van der Waals surface area contributed by atoms with Crippen LogP contribution < -0.4 is 10.6 Å². The molecular weight excluding hydrogens is 292 g/mol. The largest absolute Gasteiger partial charge is 0.354 e. The van der Waals surface area contributed by atoms with Crippen LogP contribution in [0.5, 0.6) is 0 Å². The SMILES string of the molecule is Cc1ccc(Br)cc1CCNC(=O)C1CCCN1. The lowest BCUT2D eigenvalue weighted by Gasteiger charge is -2.12. The molecule has 3 nitrogen and oxygen atoms in total. The Bertz CT molecular complexity index is 428. The molecule has 1 aromatic carbocycles. The van der Waals surface area contributed by atoms with E-state index in [4.69, 9.17) is 0 Å². The van der Waals surface area contributed by atoms with Gasteiger partial charge in [0.2, 0.25) is 5.91 Å². The fourth-order valence-corrected chi connectivity index (χ4v) is 2.67. The predicted octanol–water partition coefficient (Wildman–Crippen LogP) is 2.17. The molecule has 1 saturated heterocycles. The summed E-state index contributed by atoms with van der Waals surface area (Å²) < 4.78 is 1.09. The minimum absolute atomic E-state index is 0.0219. The molecule has 1 aliphatic heterocycles. The van der Waals surface area contributed by atoms with Crippen LogP contribution in [0, 0.1) is 6.92 Å². The molecule has 0 aliphatic carbocycles.